The standard InChI is InChI=1S/C16H16FN3S/c1-9-7-14(12-5-4-6-13(17)15(12)19-9)20-11(3)16-18-8-10(2)21-16/h4-8,11H,1-3H3,(H,19,20). The molecule has 0 radical (unpaired) electrons. The van der Waals surface area contributed by atoms with Crippen molar-refractivity contribution in [1.29, 1.82) is 0 Å². The number of anilines is 1. The van der Waals surface area contributed by atoms with Gasteiger partial charge in [-0.05, 0) is 32.9 Å². The Kier molecular flexibility index (Phi) is 3.59. The highest BCUT2D eigenvalue weighted by molar-refractivity contribution is 7.11. The van der Waals surface area contributed by atoms with Crippen LogP contribution in [0.15, 0.2) is 30.5 Å². The first kappa shape index (κ1) is 13.9. The molecule has 1 unspecified atom stereocenters. The molecule has 0 saturated heterocycles. The molecule has 3 aromatic rings. The first-order valence-corrected chi connectivity index (χ1v) is 7.61. The number of hydrogen-bond acceptors (Lipinski definition) is 4. The third-order valence-corrected chi connectivity index (χ3v) is 4.40. The van der Waals surface area contributed by atoms with E-state index in [1.807, 2.05) is 32.2 Å². The Labute approximate surface area is 126 Å². The Morgan fingerprint density at radius 3 is 2.81 bits per heavy atom. The third kappa shape index (κ3) is 2.74. The number of halogens is 1. The van der Waals surface area contributed by atoms with Gasteiger partial charge in [-0.15, -0.1) is 11.3 Å². The summed E-state index contributed by atoms with van der Waals surface area (Å²) in [5, 5.41) is 5.24. The van der Waals surface area contributed by atoms with Gasteiger partial charge in [0, 0.05) is 27.8 Å². The molecule has 1 aromatic carbocycles. The van der Waals surface area contributed by atoms with E-state index < -0.39 is 0 Å². The molecule has 0 spiro atoms. The van der Waals surface area contributed by atoms with Crippen molar-refractivity contribution in [3.05, 3.63) is 51.9 Å². The number of aromatic nitrogens is 2. The van der Waals surface area contributed by atoms with Crippen LogP contribution in [0.2, 0.25) is 0 Å². The smallest absolute Gasteiger partial charge is 0.149 e. The van der Waals surface area contributed by atoms with E-state index in [0.717, 1.165) is 21.8 Å². The quantitative estimate of drug-likeness (QED) is 0.767. The summed E-state index contributed by atoms with van der Waals surface area (Å²) < 4.78 is 13.9. The molecule has 2 heterocycles. The fraction of sp³-hybridized carbons (Fsp3) is 0.250. The number of thiazole rings is 1. The third-order valence-electron chi connectivity index (χ3n) is 3.30. The fourth-order valence-corrected chi connectivity index (χ4v) is 3.10. The maximum Gasteiger partial charge on any atom is 0.149 e. The van der Waals surface area contributed by atoms with Crippen LogP contribution in [0.25, 0.3) is 10.9 Å². The average Bonchev–Trinajstić information content (AvgIpc) is 2.87. The van der Waals surface area contributed by atoms with Crippen LogP contribution in [0.5, 0.6) is 0 Å². The highest BCUT2D eigenvalue weighted by Crippen LogP contribution is 2.29. The number of nitrogens with one attached hydrogen (secondary N) is 1. The molecule has 0 fully saturated rings. The van der Waals surface area contributed by atoms with E-state index in [0.29, 0.717) is 5.52 Å². The maximum atomic E-state index is 13.9. The number of benzene rings is 1. The first-order valence-electron chi connectivity index (χ1n) is 6.79. The lowest BCUT2D eigenvalue weighted by atomic mass is 10.1. The van der Waals surface area contributed by atoms with Crippen LogP contribution < -0.4 is 5.32 Å². The van der Waals surface area contributed by atoms with Gasteiger partial charge in [-0.3, -0.25) is 0 Å². The molecule has 0 aliphatic heterocycles. The van der Waals surface area contributed by atoms with Gasteiger partial charge in [0.05, 0.1) is 6.04 Å². The van der Waals surface area contributed by atoms with Crippen molar-refractivity contribution in [3.8, 4) is 0 Å². The molecule has 0 bridgehead atoms. The number of rotatable bonds is 3. The summed E-state index contributed by atoms with van der Waals surface area (Å²) in [6.45, 7) is 5.96. The molecular weight excluding hydrogens is 285 g/mol. The van der Waals surface area contributed by atoms with Gasteiger partial charge < -0.3 is 5.32 Å². The normalized spacial score (nSPS) is 12.6. The van der Waals surface area contributed by atoms with Crippen LogP contribution >= 0.6 is 11.3 Å². The average molecular weight is 301 g/mol. The molecule has 0 aliphatic rings. The van der Waals surface area contributed by atoms with E-state index in [1.165, 1.54) is 10.9 Å². The summed E-state index contributed by atoms with van der Waals surface area (Å²) in [5.74, 6) is -0.294. The highest BCUT2D eigenvalue weighted by Gasteiger charge is 2.13. The molecule has 0 aliphatic carbocycles. The van der Waals surface area contributed by atoms with Gasteiger partial charge in [0.15, 0.2) is 0 Å². The molecule has 1 N–H and O–H groups in total. The molecule has 108 valence electrons. The van der Waals surface area contributed by atoms with Crippen LogP contribution in [-0.2, 0) is 0 Å². The van der Waals surface area contributed by atoms with Gasteiger partial charge in [-0.25, -0.2) is 14.4 Å². The molecule has 3 nitrogen and oxygen atoms in total. The van der Waals surface area contributed by atoms with E-state index in [-0.39, 0.29) is 11.9 Å². The molecule has 2 aromatic heterocycles. The van der Waals surface area contributed by atoms with Gasteiger partial charge in [-0.2, -0.15) is 0 Å². The number of pyridine rings is 1. The SMILES string of the molecule is Cc1cc(NC(C)c2ncc(C)s2)c2cccc(F)c2n1. The van der Waals surface area contributed by atoms with Gasteiger partial charge in [0.1, 0.15) is 16.3 Å². The molecule has 3 rings (SSSR count). The van der Waals surface area contributed by atoms with Crippen molar-refractivity contribution in [2.45, 2.75) is 26.8 Å². The molecule has 21 heavy (non-hydrogen) atoms. The minimum atomic E-state index is -0.294. The van der Waals surface area contributed by atoms with Gasteiger partial charge >= 0.3 is 0 Å². The summed E-state index contributed by atoms with van der Waals surface area (Å²) >= 11 is 1.66. The van der Waals surface area contributed by atoms with E-state index in [9.17, 15) is 4.39 Å². The van der Waals surface area contributed by atoms with Gasteiger partial charge in [0.25, 0.3) is 0 Å². The predicted octanol–water partition coefficient (Wildman–Crippen LogP) is 4.62. The van der Waals surface area contributed by atoms with Crippen LogP contribution in [0.3, 0.4) is 0 Å². The second-order valence-corrected chi connectivity index (χ2v) is 6.39. The van der Waals surface area contributed by atoms with Crippen LogP contribution in [0, 0.1) is 19.7 Å². The number of aryl methyl sites for hydroxylation is 2. The minimum Gasteiger partial charge on any atom is -0.375 e. The Morgan fingerprint density at radius 1 is 1.29 bits per heavy atom. The fourth-order valence-electron chi connectivity index (χ4n) is 2.33. The molecule has 1 atom stereocenters. The molecule has 5 heteroatoms. The lowest BCUT2D eigenvalue weighted by Crippen LogP contribution is -2.07. The number of para-hydroxylation sites is 1. The van der Waals surface area contributed by atoms with E-state index in [2.05, 4.69) is 22.2 Å². The second-order valence-electron chi connectivity index (χ2n) is 5.12. The van der Waals surface area contributed by atoms with E-state index in [1.54, 1.807) is 17.4 Å². The zero-order valence-electron chi connectivity index (χ0n) is 12.1. The first-order chi connectivity index (χ1) is 10.0. The monoisotopic (exact) mass is 301 g/mol. The Bertz CT molecular complexity index is 797. The van der Waals surface area contributed by atoms with Crippen molar-refractivity contribution < 1.29 is 4.39 Å². The molecule has 0 saturated carbocycles. The van der Waals surface area contributed by atoms with E-state index in [4.69, 9.17) is 0 Å². The van der Waals surface area contributed by atoms with Crippen molar-refractivity contribution in [2.75, 3.05) is 5.32 Å². The summed E-state index contributed by atoms with van der Waals surface area (Å²) in [5.41, 5.74) is 2.08. The topological polar surface area (TPSA) is 37.8 Å². The number of nitrogens with zero attached hydrogens (tertiary/aromatic N) is 2. The van der Waals surface area contributed by atoms with Crippen LogP contribution in [0.4, 0.5) is 10.1 Å². The van der Waals surface area contributed by atoms with Crippen molar-refractivity contribution in [2.24, 2.45) is 0 Å². The van der Waals surface area contributed by atoms with Crippen LogP contribution in [0.1, 0.15) is 28.5 Å². The lowest BCUT2D eigenvalue weighted by Gasteiger charge is -2.15. The Hall–Kier alpha value is -2.01. The number of fused-ring (bicyclic) bond motifs is 1. The summed E-state index contributed by atoms with van der Waals surface area (Å²) in [6.07, 6.45) is 1.87. The minimum absolute atomic E-state index is 0.0666. The molecular formula is C16H16FN3S. The summed E-state index contributed by atoms with van der Waals surface area (Å²) in [4.78, 5) is 9.87. The predicted molar refractivity (Wildman–Crippen MR) is 85.3 cm³/mol. The second kappa shape index (κ2) is 5.41. The lowest BCUT2D eigenvalue weighted by molar-refractivity contribution is 0.636. The van der Waals surface area contributed by atoms with Crippen molar-refractivity contribution in [3.63, 3.8) is 0 Å². The van der Waals surface area contributed by atoms with Crippen molar-refractivity contribution in [1.82, 2.24) is 9.97 Å². The largest absolute Gasteiger partial charge is 0.375 e. The van der Waals surface area contributed by atoms with Gasteiger partial charge in [0.2, 0.25) is 0 Å². The Balaban J connectivity index is 2.02. The molecule has 0 amide bonds. The van der Waals surface area contributed by atoms with Gasteiger partial charge in [-0.1, -0.05) is 12.1 Å². The maximum absolute atomic E-state index is 13.9. The highest BCUT2D eigenvalue weighted by atomic mass is 32.1. The summed E-state index contributed by atoms with van der Waals surface area (Å²) in [7, 11) is 0. The van der Waals surface area contributed by atoms with Crippen molar-refractivity contribution >= 4 is 27.9 Å². The number of hydrogen-bond donors (Lipinski definition) is 1. The van der Waals surface area contributed by atoms with E-state index >= 15 is 0 Å². The zero-order chi connectivity index (χ0) is 15.0. The zero-order valence-corrected chi connectivity index (χ0v) is 13.0. The summed E-state index contributed by atoms with van der Waals surface area (Å²) in [6, 6.07) is 7.03. The Morgan fingerprint density at radius 2 is 2.10 bits per heavy atom. The van der Waals surface area contributed by atoms with Crippen LogP contribution in [-0.4, -0.2) is 9.97 Å².